The predicted octanol–water partition coefficient (Wildman–Crippen LogP) is 1.95. The van der Waals surface area contributed by atoms with Crippen LogP contribution in [0.4, 0.5) is 0 Å². The predicted molar refractivity (Wildman–Crippen MR) is 84.9 cm³/mol. The lowest BCUT2D eigenvalue weighted by molar-refractivity contribution is -0.125. The van der Waals surface area contributed by atoms with Crippen molar-refractivity contribution in [3.8, 4) is 0 Å². The fraction of sp³-hybridized carbons (Fsp3) is 0.588. The molecule has 3 N–H and O–H groups in total. The zero-order valence-corrected chi connectivity index (χ0v) is 13.0. The molecule has 22 heavy (non-hydrogen) atoms. The molecule has 120 valence electrons. The van der Waals surface area contributed by atoms with Crippen LogP contribution in [0.15, 0.2) is 24.4 Å². The van der Waals surface area contributed by atoms with Gasteiger partial charge in [-0.1, -0.05) is 25.3 Å². The van der Waals surface area contributed by atoms with Gasteiger partial charge in [0, 0.05) is 24.4 Å². The van der Waals surface area contributed by atoms with E-state index in [9.17, 15) is 9.59 Å². The van der Waals surface area contributed by atoms with Crippen LogP contribution in [0.5, 0.6) is 0 Å². The molecule has 1 aliphatic rings. The number of aryl methyl sites for hydroxylation is 1. The number of carbonyl (C=O) groups is 2. The first-order chi connectivity index (χ1) is 10.7. The molecule has 0 saturated heterocycles. The lowest BCUT2D eigenvalue weighted by atomic mass is 9.94. The molecule has 1 aliphatic carbocycles. The van der Waals surface area contributed by atoms with Crippen LogP contribution in [-0.4, -0.2) is 22.8 Å². The third kappa shape index (κ3) is 5.13. The fourth-order valence-electron chi connectivity index (χ4n) is 3.08. The summed E-state index contributed by atoms with van der Waals surface area (Å²) in [4.78, 5) is 27.9. The summed E-state index contributed by atoms with van der Waals surface area (Å²) >= 11 is 0. The molecule has 0 unspecified atom stereocenters. The molecule has 1 fully saturated rings. The van der Waals surface area contributed by atoms with E-state index in [-0.39, 0.29) is 23.8 Å². The number of amides is 2. The van der Waals surface area contributed by atoms with E-state index in [4.69, 9.17) is 5.73 Å². The molecule has 0 aliphatic heterocycles. The van der Waals surface area contributed by atoms with E-state index in [1.165, 1.54) is 0 Å². The van der Waals surface area contributed by atoms with Gasteiger partial charge in [0.1, 0.15) is 0 Å². The quantitative estimate of drug-likeness (QED) is 0.788. The Balaban J connectivity index is 1.78. The summed E-state index contributed by atoms with van der Waals surface area (Å²) in [6, 6.07) is 5.70. The Labute approximate surface area is 131 Å². The minimum Gasteiger partial charge on any atom is -0.369 e. The first-order valence-electron chi connectivity index (χ1n) is 8.15. The van der Waals surface area contributed by atoms with E-state index >= 15 is 0 Å². The summed E-state index contributed by atoms with van der Waals surface area (Å²) < 4.78 is 0. The Morgan fingerprint density at radius 3 is 2.77 bits per heavy atom. The Hall–Kier alpha value is -1.91. The summed E-state index contributed by atoms with van der Waals surface area (Å²) in [6.07, 6.45) is 8.57. The Morgan fingerprint density at radius 2 is 2.05 bits per heavy atom. The molecule has 1 aromatic rings. The molecule has 5 nitrogen and oxygen atoms in total. The molecule has 1 saturated carbocycles. The first-order valence-corrected chi connectivity index (χ1v) is 8.15. The van der Waals surface area contributed by atoms with E-state index in [0.717, 1.165) is 50.6 Å². The Kier molecular flexibility index (Phi) is 6.37. The highest BCUT2D eigenvalue weighted by Crippen LogP contribution is 2.23. The van der Waals surface area contributed by atoms with Gasteiger partial charge in [-0.2, -0.15) is 0 Å². The number of aromatic nitrogens is 1. The number of rotatable bonds is 6. The summed E-state index contributed by atoms with van der Waals surface area (Å²) in [6.45, 7) is 0. The zero-order valence-electron chi connectivity index (χ0n) is 13.0. The second-order valence-corrected chi connectivity index (χ2v) is 6.00. The van der Waals surface area contributed by atoms with Crippen molar-refractivity contribution < 1.29 is 9.59 Å². The minimum atomic E-state index is -0.291. The van der Waals surface area contributed by atoms with E-state index in [2.05, 4.69) is 10.3 Å². The highest BCUT2D eigenvalue weighted by atomic mass is 16.2. The van der Waals surface area contributed by atoms with Gasteiger partial charge in [-0.25, -0.2) is 0 Å². The summed E-state index contributed by atoms with van der Waals surface area (Å²) in [5.74, 6) is -0.503. The van der Waals surface area contributed by atoms with E-state index in [0.29, 0.717) is 6.42 Å². The number of nitrogens with zero attached hydrogens (tertiary/aromatic N) is 1. The van der Waals surface area contributed by atoms with Crippen LogP contribution in [0.25, 0.3) is 0 Å². The third-order valence-corrected chi connectivity index (χ3v) is 4.29. The molecular formula is C17H25N3O2. The van der Waals surface area contributed by atoms with Crippen LogP contribution in [0.2, 0.25) is 0 Å². The van der Waals surface area contributed by atoms with Crippen LogP contribution in [0, 0.1) is 5.92 Å². The van der Waals surface area contributed by atoms with E-state index in [1.807, 2.05) is 18.2 Å². The van der Waals surface area contributed by atoms with Gasteiger partial charge < -0.3 is 11.1 Å². The number of hydrogen-bond donors (Lipinski definition) is 2. The average Bonchev–Trinajstić information content (AvgIpc) is 2.74. The second kappa shape index (κ2) is 8.51. The van der Waals surface area contributed by atoms with Crippen molar-refractivity contribution in [3.05, 3.63) is 30.1 Å². The number of nitrogens with one attached hydrogen (secondary N) is 1. The van der Waals surface area contributed by atoms with Gasteiger partial charge in [0.2, 0.25) is 11.8 Å². The standard InChI is InChI=1S/C17H25N3O2/c18-17(22)14-9-2-1-3-10-15(14)20-16(21)11-6-8-13-7-4-5-12-19-13/h4-5,7,12,14-15H,1-3,6,8-11H2,(H2,18,22)(H,20,21)/t14-,15-/m1/s1. The van der Waals surface area contributed by atoms with Gasteiger partial charge in [0.25, 0.3) is 0 Å². The first kappa shape index (κ1) is 16.5. The Bertz CT molecular complexity index is 490. The lowest BCUT2D eigenvalue weighted by Crippen LogP contribution is -2.44. The maximum atomic E-state index is 12.1. The molecule has 2 rings (SSSR count). The molecule has 1 aromatic heterocycles. The molecule has 0 aromatic carbocycles. The van der Waals surface area contributed by atoms with Crippen molar-refractivity contribution in [1.29, 1.82) is 0 Å². The summed E-state index contributed by atoms with van der Waals surface area (Å²) in [7, 11) is 0. The van der Waals surface area contributed by atoms with Gasteiger partial charge in [-0.15, -0.1) is 0 Å². The maximum Gasteiger partial charge on any atom is 0.222 e. The molecule has 0 bridgehead atoms. The van der Waals surface area contributed by atoms with E-state index in [1.54, 1.807) is 6.20 Å². The van der Waals surface area contributed by atoms with Crippen molar-refractivity contribution in [3.63, 3.8) is 0 Å². The zero-order chi connectivity index (χ0) is 15.8. The van der Waals surface area contributed by atoms with Crippen LogP contribution in [0.1, 0.15) is 50.6 Å². The van der Waals surface area contributed by atoms with Crippen LogP contribution < -0.4 is 11.1 Å². The van der Waals surface area contributed by atoms with Crippen LogP contribution in [-0.2, 0) is 16.0 Å². The smallest absolute Gasteiger partial charge is 0.222 e. The minimum absolute atomic E-state index is 0.00841. The van der Waals surface area contributed by atoms with Crippen molar-refractivity contribution in [2.24, 2.45) is 11.7 Å². The SMILES string of the molecule is NC(=O)[C@@H]1CCCCC[C@H]1NC(=O)CCCc1ccccn1. The highest BCUT2D eigenvalue weighted by Gasteiger charge is 2.28. The molecule has 2 atom stereocenters. The lowest BCUT2D eigenvalue weighted by Gasteiger charge is -2.23. The van der Waals surface area contributed by atoms with Gasteiger partial charge >= 0.3 is 0 Å². The van der Waals surface area contributed by atoms with Gasteiger partial charge in [-0.3, -0.25) is 14.6 Å². The molecule has 0 radical (unpaired) electrons. The molecule has 2 amide bonds. The molecule has 0 spiro atoms. The number of nitrogens with two attached hydrogens (primary N) is 1. The molecule has 1 heterocycles. The van der Waals surface area contributed by atoms with Gasteiger partial charge in [-0.05, 0) is 37.8 Å². The number of carbonyl (C=O) groups excluding carboxylic acids is 2. The topological polar surface area (TPSA) is 85.1 Å². The summed E-state index contributed by atoms with van der Waals surface area (Å²) in [5, 5.41) is 3.02. The fourth-order valence-corrected chi connectivity index (χ4v) is 3.08. The van der Waals surface area contributed by atoms with Crippen molar-refractivity contribution >= 4 is 11.8 Å². The van der Waals surface area contributed by atoms with Crippen molar-refractivity contribution in [2.75, 3.05) is 0 Å². The third-order valence-electron chi connectivity index (χ3n) is 4.29. The van der Waals surface area contributed by atoms with Gasteiger partial charge in [0.05, 0.1) is 5.92 Å². The number of hydrogen-bond acceptors (Lipinski definition) is 3. The van der Waals surface area contributed by atoms with Crippen LogP contribution >= 0.6 is 0 Å². The van der Waals surface area contributed by atoms with Crippen LogP contribution in [0.3, 0.4) is 0 Å². The monoisotopic (exact) mass is 303 g/mol. The average molecular weight is 303 g/mol. The van der Waals surface area contributed by atoms with Crippen molar-refractivity contribution in [1.82, 2.24) is 10.3 Å². The van der Waals surface area contributed by atoms with Gasteiger partial charge in [0.15, 0.2) is 0 Å². The largest absolute Gasteiger partial charge is 0.369 e. The molecular weight excluding hydrogens is 278 g/mol. The van der Waals surface area contributed by atoms with Crippen molar-refractivity contribution in [2.45, 2.75) is 57.4 Å². The molecule has 5 heteroatoms. The number of pyridine rings is 1. The maximum absolute atomic E-state index is 12.1. The number of primary amides is 1. The van der Waals surface area contributed by atoms with E-state index < -0.39 is 0 Å². The normalized spacial score (nSPS) is 21.8. The second-order valence-electron chi connectivity index (χ2n) is 6.00. The highest BCUT2D eigenvalue weighted by molar-refractivity contribution is 5.80. The Morgan fingerprint density at radius 1 is 1.23 bits per heavy atom. The summed E-state index contributed by atoms with van der Waals surface area (Å²) in [5.41, 5.74) is 6.48.